The van der Waals surface area contributed by atoms with Gasteiger partial charge in [-0.2, -0.15) is 0 Å². The summed E-state index contributed by atoms with van der Waals surface area (Å²) in [6, 6.07) is -0.398. The highest BCUT2D eigenvalue weighted by atomic mass is 16.4. The summed E-state index contributed by atoms with van der Waals surface area (Å²) in [5.41, 5.74) is 5.88. The molecule has 4 N–H and O–H groups in total. The average Bonchev–Trinajstić information content (AvgIpc) is 2.67. The summed E-state index contributed by atoms with van der Waals surface area (Å²) in [5, 5.41) is 18.9. The highest BCUT2D eigenvalue weighted by Gasteiger charge is 2.32. The predicted octanol–water partition coefficient (Wildman–Crippen LogP) is 0.609. The van der Waals surface area contributed by atoms with Crippen molar-refractivity contribution in [3.63, 3.8) is 0 Å². The van der Waals surface area contributed by atoms with Crippen molar-refractivity contribution in [3.05, 3.63) is 11.8 Å². The summed E-state index contributed by atoms with van der Waals surface area (Å²) < 4.78 is 5.37. The Hall–Kier alpha value is -1.63. The molecule has 1 aromatic heterocycles. The number of nitrogens with two attached hydrogens (primary N) is 1. The number of amides is 1. The zero-order chi connectivity index (χ0) is 12.4. The Morgan fingerprint density at radius 3 is 2.88 bits per heavy atom. The van der Waals surface area contributed by atoms with Gasteiger partial charge in [-0.25, -0.2) is 4.79 Å². The Kier molecular flexibility index (Phi) is 3.28. The van der Waals surface area contributed by atoms with Crippen LogP contribution in [0, 0.1) is 6.92 Å². The fourth-order valence-corrected chi connectivity index (χ4v) is 2.22. The minimum atomic E-state index is -1.05. The van der Waals surface area contributed by atoms with Crippen molar-refractivity contribution in [2.45, 2.75) is 44.2 Å². The van der Waals surface area contributed by atoms with Crippen molar-refractivity contribution in [2.24, 2.45) is 5.73 Å². The molecule has 1 heterocycles. The van der Waals surface area contributed by atoms with Crippen LogP contribution in [0.4, 0.5) is 4.79 Å². The van der Waals surface area contributed by atoms with Crippen molar-refractivity contribution in [2.75, 3.05) is 0 Å². The van der Waals surface area contributed by atoms with E-state index >= 15 is 0 Å². The lowest BCUT2D eigenvalue weighted by molar-refractivity contribution is 0.179. The molecule has 0 radical (unpaired) electrons. The SMILES string of the molecule is Cc1nnc([C@H]2CC[C@H](N)[C@H](NC(=O)O)C2)o1. The van der Waals surface area contributed by atoms with Crippen molar-refractivity contribution < 1.29 is 14.3 Å². The van der Waals surface area contributed by atoms with Crippen molar-refractivity contribution in [3.8, 4) is 0 Å². The lowest BCUT2D eigenvalue weighted by atomic mass is 9.82. The number of rotatable bonds is 2. The number of carbonyl (C=O) groups is 1. The third-order valence-corrected chi connectivity index (χ3v) is 3.10. The topological polar surface area (TPSA) is 114 Å². The van der Waals surface area contributed by atoms with Gasteiger partial charge in [0, 0.05) is 24.9 Å². The van der Waals surface area contributed by atoms with Crippen LogP contribution in [0.3, 0.4) is 0 Å². The molecule has 2 rings (SSSR count). The van der Waals surface area contributed by atoms with Crippen LogP contribution in [0.25, 0.3) is 0 Å². The van der Waals surface area contributed by atoms with Crippen molar-refractivity contribution in [1.82, 2.24) is 15.5 Å². The number of carboxylic acid groups (broad SMARTS) is 1. The Labute approximate surface area is 98.4 Å². The molecule has 7 nitrogen and oxygen atoms in total. The van der Waals surface area contributed by atoms with Crippen LogP contribution in [-0.4, -0.2) is 33.5 Å². The molecule has 94 valence electrons. The molecular weight excluding hydrogens is 224 g/mol. The minimum Gasteiger partial charge on any atom is -0.465 e. The number of nitrogens with zero attached hydrogens (tertiary/aromatic N) is 2. The quantitative estimate of drug-likeness (QED) is 0.697. The second kappa shape index (κ2) is 4.70. The number of nitrogens with one attached hydrogen (secondary N) is 1. The van der Waals surface area contributed by atoms with Crippen molar-refractivity contribution >= 4 is 6.09 Å². The van der Waals surface area contributed by atoms with E-state index in [0.717, 1.165) is 12.8 Å². The van der Waals surface area contributed by atoms with Gasteiger partial charge in [-0.3, -0.25) is 0 Å². The molecule has 1 aliphatic rings. The van der Waals surface area contributed by atoms with E-state index < -0.39 is 6.09 Å². The van der Waals surface area contributed by atoms with Gasteiger partial charge in [0.2, 0.25) is 11.8 Å². The summed E-state index contributed by atoms with van der Waals surface area (Å²) in [5.74, 6) is 1.19. The van der Waals surface area contributed by atoms with Gasteiger partial charge in [0.05, 0.1) is 0 Å². The second-order valence-electron chi connectivity index (χ2n) is 4.39. The van der Waals surface area contributed by atoms with E-state index in [4.69, 9.17) is 15.3 Å². The number of aromatic nitrogens is 2. The largest absolute Gasteiger partial charge is 0.465 e. The lowest BCUT2D eigenvalue weighted by Gasteiger charge is -2.32. The van der Waals surface area contributed by atoms with E-state index in [-0.39, 0.29) is 18.0 Å². The van der Waals surface area contributed by atoms with Gasteiger partial charge >= 0.3 is 6.09 Å². The van der Waals surface area contributed by atoms with Gasteiger partial charge < -0.3 is 20.6 Å². The van der Waals surface area contributed by atoms with E-state index in [9.17, 15) is 4.79 Å². The van der Waals surface area contributed by atoms with Crippen LogP contribution in [0.1, 0.15) is 37.0 Å². The molecule has 17 heavy (non-hydrogen) atoms. The molecule has 0 bridgehead atoms. The average molecular weight is 240 g/mol. The van der Waals surface area contributed by atoms with Gasteiger partial charge in [0.1, 0.15) is 0 Å². The fourth-order valence-electron chi connectivity index (χ4n) is 2.22. The van der Waals surface area contributed by atoms with Crippen LogP contribution in [0.15, 0.2) is 4.42 Å². The number of hydrogen-bond donors (Lipinski definition) is 3. The predicted molar refractivity (Wildman–Crippen MR) is 58.6 cm³/mol. The molecule has 1 aromatic rings. The first kappa shape index (κ1) is 11.8. The molecule has 1 amide bonds. The van der Waals surface area contributed by atoms with Gasteiger partial charge in [0.15, 0.2) is 0 Å². The molecule has 0 aliphatic heterocycles. The normalized spacial score (nSPS) is 28.9. The first-order valence-corrected chi connectivity index (χ1v) is 5.61. The molecule has 1 fully saturated rings. The maximum atomic E-state index is 10.6. The third kappa shape index (κ3) is 2.73. The van der Waals surface area contributed by atoms with E-state index in [1.54, 1.807) is 6.92 Å². The van der Waals surface area contributed by atoms with E-state index in [2.05, 4.69) is 15.5 Å². The van der Waals surface area contributed by atoms with Crippen LogP contribution in [-0.2, 0) is 0 Å². The zero-order valence-electron chi connectivity index (χ0n) is 9.59. The Bertz CT molecular complexity index is 406. The van der Waals surface area contributed by atoms with Gasteiger partial charge in [-0.05, 0) is 19.3 Å². The van der Waals surface area contributed by atoms with Crippen LogP contribution >= 0.6 is 0 Å². The highest BCUT2D eigenvalue weighted by molar-refractivity contribution is 5.65. The van der Waals surface area contributed by atoms with Crippen LogP contribution < -0.4 is 11.1 Å². The second-order valence-corrected chi connectivity index (χ2v) is 4.39. The molecule has 0 saturated heterocycles. The Morgan fingerprint density at radius 1 is 1.53 bits per heavy atom. The molecular formula is C10H16N4O3. The summed E-state index contributed by atoms with van der Waals surface area (Å²) >= 11 is 0. The fraction of sp³-hybridized carbons (Fsp3) is 0.700. The Morgan fingerprint density at radius 2 is 2.29 bits per heavy atom. The summed E-state index contributed by atoms with van der Waals surface area (Å²) in [6.45, 7) is 1.73. The zero-order valence-corrected chi connectivity index (χ0v) is 9.59. The lowest BCUT2D eigenvalue weighted by Crippen LogP contribution is -2.50. The smallest absolute Gasteiger partial charge is 0.404 e. The maximum Gasteiger partial charge on any atom is 0.404 e. The molecule has 3 atom stereocenters. The molecule has 0 unspecified atom stereocenters. The first-order valence-electron chi connectivity index (χ1n) is 5.61. The molecule has 0 aromatic carbocycles. The number of aryl methyl sites for hydroxylation is 1. The molecule has 7 heteroatoms. The van der Waals surface area contributed by atoms with E-state index in [1.165, 1.54) is 0 Å². The van der Waals surface area contributed by atoms with Gasteiger partial charge in [-0.15, -0.1) is 10.2 Å². The molecule has 1 saturated carbocycles. The monoisotopic (exact) mass is 240 g/mol. The third-order valence-electron chi connectivity index (χ3n) is 3.10. The summed E-state index contributed by atoms with van der Waals surface area (Å²) in [6.07, 6.45) is 1.15. The summed E-state index contributed by atoms with van der Waals surface area (Å²) in [4.78, 5) is 10.6. The molecule has 1 aliphatic carbocycles. The van der Waals surface area contributed by atoms with E-state index in [0.29, 0.717) is 18.2 Å². The van der Waals surface area contributed by atoms with Gasteiger partial charge in [-0.1, -0.05) is 0 Å². The molecule has 0 spiro atoms. The van der Waals surface area contributed by atoms with E-state index in [1.807, 2.05) is 0 Å². The highest BCUT2D eigenvalue weighted by Crippen LogP contribution is 2.31. The minimum absolute atomic E-state index is 0.0906. The summed E-state index contributed by atoms with van der Waals surface area (Å²) in [7, 11) is 0. The number of hydrogen-bond acceptors (Lipinski definition) is 5. The first-order chi connectivity index (χ1) is 8.06. The maximum absolute atomic E-state index is 10.6. The van der Waals surface area contributed by atoms with Gasteiger partial charge in [0.25, 0.3) is 0 Å². The van der Waals surface area contributed by atoms with Crippen LogP contribution in [0.2, 0.25) is 0 Å². The van der Waals surface area contributed by atoms with Crippen LogP contribution in [0.5, 0.6) is 0 Å². The standard InChI is InChI=1S/C10H16N4O3/c1-5-13-14-9(17-5)6-2-3-7(11)8(4-6)12-10(15)16/h6-8,12H,2-4,11H2,1H3,(H,15,16)/t6-,7-,8+/m0/s1. The van der Waals surface area contributed by atoms with Crippen molar-refractivity contribution in [1.29, 1.82) is 0 Å². The Balaban J connectivity index is 2.04.